The number of halogens is 1. The molecule has 0 aromatic heterocycles. The first-order valence-corrected chi connectivity index (χ1v) is 7.74. The van der Waals surface area contributed by atoms with Crippen molar-refractivity contribution in [2.45, 2.75) is 26.1 Å². The summed E-state index contributed by atoms with van der Waals surface area (Å²) >= 11 is 0. The molecule has 7 heteroatoms. The third kappa shape index (κ3) is 3.71. The number of carbonyl (C=O) groups excluding carboxylic acids is 2. The van der Waals surface area contributed by atoms with Gasteiger partial charge in [0.1, 0.15) is 11.9 Å². The minimum Gasteiger partial charge on any atom is -0.482 e. The molecule has 130 valence electrons. The molecule has 0 saturated heterocycles. The van der Waals surface area contributed by atoms with E-state index in [1.165, 1.54) is 19.1 Å². The summed E-state index contributed by atoms with van der Waals surface area (Å²) in [6.07, 6.45) is -1.48. The number of hydrogen-bond acceptors (Lipinski definition) is 4. The summed E-state index contributed by atoms with van der Waals surface area (Å²) in [5, 5.41) is 5.02. The van der Waals surface area contributed by atoms with Crippen LogP contribution in [0.15, 0.2) is 42.5 Å². The number of rotatable bonds is 3. The van der Waals surface area contributed by atoms with E-state index in [2.05, 4.69) is 10.6 Å². The van der Waals surface area contributed by atoms with Crippen molar-refractivity contribution < 1.29 is 23.5 Å². The molecule has 1 aliphatic rings. The van der Waals surface area contributed by atoms with Crippen LogP contribution in [-0.4, -0.2) is 24.0 Å². The Morgan fingerprint density at radius 3 is 2.40 bits per heavy atom. The Morgan fingerprint density at radius 1 is 1.04 bits per heavy atom. The van der Waals surface area contributed by atoms with Gasteiger partial charge < -0.3 is 20.1 Å². The van der Waals surface area contributed by atoms with E-state index >= 15 is 0 Å². The Labute approximate surface area is 143 Å². The van der Waals surface area contributed by atoms with Crippen LogP contribution in [0.5, 0.6) is 11.5 Å². The van der Waals surface area contributed by atoms with Crippen molar-refractivity contribution in [1.29, 1.82) is 0 Å². The summed E-state index contributed by atoms with van der Waals surface area (Å²) in [6.45, 7) is 3.04. The second-order valence-electron chi connectivity index (χ2n) is 5.67. The van der Waals surface area contributed by atoms with Gasteiger partial charge in [0.15, 0.2) is 11.5 Å². The number of ether oxygens (including phenoxy) is 2. The van der Waals surface area contributed by atoms with Crippen LogP contribution in [0.25, 0.3) is 0 Å². The van der Waals surface area contributed by atoms with Crippen LogP contribution in [0.3, 0.4) is 0 Å². The second kappa shape index (κ2) is 6.80. The largest absolute Gasteiger partial charge is 0.482 e. The molecule has 2 aromatic rings. The van der Waals surface area contributed by atoms with E-state index in [1.807, 2.05) is 0 Å². The Morgan fingerprint density at radius 2 is 1.72 bits per heavy atom. The highest BCUT2D eigenvalue weighted by molar-refractivity contribution is 5.96. The number of anilines is 2. The maximum Gasteiger partial charge on any atom is 0.269 e. The lowest BCUT2D eigenvalue weighted by molar-refractivity contribution is -0.128. The fourth-order valence-corrected chi connectivity index (χ4v) is 2.51. The van der Waals surface area contributed by atoms with Crippen LogP contribution in [0.1, 0.15) is 13.8 Å². The topological polar surface area (TPSA) is 76.7 Å². The summed E-state index contributed by atoms with van der Waals surface area (Å²) in [4.78, 5) is 23.6. The van der Waals surface area contributed by atoms with Crippen molar-refractivity contribution in [2.75, 3.05) is 10.6 Å². The minimum absolute atomic E-state index is 0.0501. The quantitative estimate of drug-likeness (QED) is 0.897. The summed E-state index contributed by atoms with van der Waals surface area (Å²) < 4.78 is 25.3. The van der Waals surface area contributed by atoms with Crippen molar-refractivity contribution >= 4 is 23.2 Å². The third-order valence-corrected chi connectivity index (χ3v) is 3.65. The lowest BCUT2D eigenvalue weighted by atomic mass is 10.1. The first-order valence-electron chi connectivity index (χ1n) is 7.74. The summed E-state index contributed by atoms with van der Waals surface area (Å²) in [6, 6.07) is 10.9. The van der Waals surface area contributed by atoms with Gasteiger partial charge in [-0.1, -0.05) is 12.1 Å². The molecule has 1 aliphatic heterocycles. The van der Waals surface area contributed by atoms with Gasteiger partial charge in [0.05, 0.1) is 5.69 Å². The van der Waals surface area contributed by atoms with Gasteiger partial charge >= 0.3 is 0 Å². The number of amides is 2. The molecule has 0 radical (unpaired) electrons. The highest BCUT2D eigenvalue weighted by Gasteiger charge is 2.34. The van der Waals surface area contributed by atoms with Crippen molar-refractivity contribution in [3.63, 3.8) is 0 Å². The zero-order valence-electron chi connectivity index (χ0n) is 13.7. The highest BCUT2D eigenvalue weighted by atomic mass is 19.1. The minimum atomic E-state index is -0.932. The molecule has 3 rings (SSSR count). The Hall–Kier alpha value is -3.09. The predicted molar refractivity (Wildman–Crippen MR) is 90.3 cm³/mol. The molecule has 2 aromatic carbocycles. The predicted octanol–water partition coefficient (Wildman–Crippen LogP) is 2.95. The standard InChI is InChI=1S/C18H17FN2O4/c1-10-17(25-16-6-4-3-5-15(16)24-10)18(23)21-14-9-12(20-11(2)22)7-8-13(14)19/h3-10,17H,1-2H3,(H,20,22)(H,21,23). The lowest BCUT2D eigenvalue weighted by Gasteiger charge is -2.31. The van der Waals surface area contributed by atoms with E-state index < -0.39 is 23.9 Å². The molecule has 0 aliphatic carbocycles. The van der Waals surface area contributed by atoms with Crippen molar-refractivity contribution in [2.24, 2.45) is 0 Å². The normalized spacial score (nSPS) is 18.4. The number of nitrogens with one attached hydrogen (secondary N) is 2. The highest BCUT2D eigenvalue weighted by Crippen LogP contribution is 2.33. The summed E-state index contributed by atoms with van der Waals surface area (Å²) in [5.74, 6) is -0.447. The van der Waals surface area contributed by atoms with Gasteiger partial charge in [-0.25, -0.2) is 4.39 Å². The molecule has 0 spiro atoms. The van der Waals surface area contributed by atoms with Crippen LogP contribution in [0, 0.1) is 5.82 Å². The molecule has 6 nitrogen and oxygen atoms in total. The second-order valence-corrected chi connectivity index (χ2v) is 5.67. The van der Waals surface area contributed by atoms with E-state index in [0.717, 1.165) is 6.07 Å². The van der Waals surface area contributed by atoms with Gasteiger partial charge in [0.2, 0.25) is 12.0 Å². The molecule has 2 N–H and O–H groups in total. The molecule has 2 unspecified atom stereocenters. The number of fused-ring (bicyclic) bond motifs is 1. The number of para-hydroxylation sites is 2. The number of hydrogen-bond donors (Lipinski definition) is 2. The molecule has 2 atom stereocenters. The van der Waals surface area contributed by atoms with E-state index in [0.29, 0.717) is 17.2 Å². The fourth-order valence-electron chi connectivity index (χ4n) is 2.51. The lowest BCUT2D eigenvalue weighted by Crippen LogP contribution is -2.46. The van der Waals surface area contributed by atoms with E-state index in [1.54, 1.807) is 31.2 Å². The Kier molecular flexibility index (Phi) is 4.56. The van der Waals surface area contributed by atoms with Crippen molar-refractivity contribution in [3.8, 4) is 11.5 Å². The van der Waals surface area contributed by atoms with E-state index in [4.69, 9.17) is 9.47 Å². The molecule has 0 fully saturated rings. The van der Waals surface area contributed by atoms with Crippen LogP contribution in [-0.2, 0) is 9.59 Å². The molecular weight excluding hydrogens is 327 g/mol. The van der Waals surface area contributed by atoms with Crippen LogP contribution < -0.4 is 20.1 Å². The maximum atomic E-state index is 14.0. The third-order valence-electron chi connectivity index (χ3n) is 3.65. The Bertz CT molecular complexity index is 824. The van der Waals surface area contributed by atoms with Crippen molar-refractivity contribution in [1.82, 2.24) is 0 Å². The number of benzene rings is 2. The van der Waals surface area contributed by atoms with Gasteiger partial charge in [0.25, 0.3) is 5.91 Å². The smallest absolute Gasteiger partial charge is 0.269 e. The van der Waals surface area contributed by atoms with Crippen LogP contribution in [0.2, 0.25) is 0 Å². The maximum absolute atomic E-state index is 14.0. The van der Waals surface area contributed by atoms with Crippen LogP contribution >= 0.6 is 0 Å². The van der Waals surface area contributed by atoms with Crippen molar-refractivity contribution in [3.05, 3.63) is 48.3 Å². The first kappa shape index (κ1) is 16.8. The zero-order valence-corrected chi connectivity index (χ0v) is 13.7. The molecular formula is C18H17FN2O4. The van der Waals surface area contributed by atoms with E-state index in [9.17, 15) is 14.0 Å². The average Bonchev–Trinajstić information content (AvgIpc) is 2.56. The van der Waals surface area contributed by atoms with Gasteiger partial charge in [-0.2, -0.15) is 0 Å². The monoisotopic (exact) mass is 344 g/mol. The zero-order chi connectivity index (χ0) is 18.0. The molecule has 1 heterocycles. The molecule has 25 heavy (non-hydrogen) atoms. The van der Waals surface area contributed by atoms with Crippen LogP contribution in [0.4, 0.5) is 15.8 Å². The number of carbonyl (C=O) groups is 2. The van der Waals surface area contributed by atoms with Gasteiger partial charge in [-0.15, -0.1) is 0 Å². The van der Waals surface area contributed by atoms with Gasteiger partial charge in [0, 0.05) is 12.6 Å². The fraction of sp³-hybridized carbons (Fsp3) is 0.222. The summed E-state index contributed by atoms with van der Waals surface area (Å²) in [5.41, 5.74) is 0.328. The molecule has 0 saturated carbocycles. The SMILES string of the molecule is CC(=O)Nc1ccc(F)c(NC(=O)C2Oc3ccccc3OC2C)c1. The van der Waals surface area contributed by atoms with E-state index in [-0.39, 0.29) is 11.6 Å². The first-order chi connectivity index (χ1) is 11.9. The average molecular weight is 344 g/mol. The van der Waals surface area contributed by atoms with Gasteiger partial charge in [-0.05, 0) is 37.3 Å². The summed E-state index contributed by atoms with van der Waals surface area (Å²) in [7, 11) is 0. The van der Waals surface area contributed by atoms with Gasteiger partial charge in [-0.3, -0.25) is 9.59 Å². The molecule has 0 bridgehead atoms. The Balaban J connectivity index is 1.77. The molecule has 2 amide bonds.